The Labute approximate surface area is 99.6 Å². The highest BCUT2D eigenvalue weighted by Crippen LogP contribution is 2.28. The summed E-state index contributed by atoms with van der Waals surface area (Å²) in [5.41, 5.74) is 6.48. The quantitative estimate of drug-likeness (QED) is 0.652. The molecule has 0 heterocycles. The first-order valence-electron chi connectivity index (χ1n) is 4.98. The van der Waals surface area contributed by atoms with E-state index in [1.807, 2.05) is 13.8 Å². The number of benzene rings is 1. The Balaban J connectivity index is 2.96. The van der Waals surface area contributed by atoms with Crippen molar-refractivity contribution in [1.29, 1.82) is 0 Å². The molecule has 5 heteroatoms. The zero-order chi connectivity index (χ0) is 12.3. The summed E-state index contributed by atoms with van der Waals surface area (Å²) >= 11 is 5.99. The lowest BCUT2D eigenvalue weighted by molar-refractivity contribution is -0.384. The number of hydrogen-bond acceptors (Lipinski definition) is 3. The van der Waals surface area contributed by atoms with Gasteiger partial charge in [-0.05, 0) is 23.9 Å². The number of non-ortho nitro benzene ring substituents is 1. The fourth-order valence-corrected chi connectivity index (χ4v) is 1.62. The van der Waals surface area contributed by atoms with Gasteiger partial charge in [0.15, 0.2) is 0 Å². The van der Waals surface area contributed by atoms with Gasteiger partial charge < -0.3 is 5.73 Å². The van der Waals surface area contributed by atoms with Crippen LogP contribution in [0.4, 0.5) is 5.69 Å². The summed E-state index contributed by atoms with van der Waals surface area (Å²) in [6.45, 7) is 4.61. The average Bonchev–Trinajstić information content (AvgIpc) is 2.20. The van der Waals surface area contributed by atoms with E-state index in [4.69, 9.17) is 17.3 Å². The lowest BCUT2D eigenvalue weighted by Gasteiger charge is -2.22. The molecule has 16 heavy (non-hydrogen) atoms. The van der Waals surface area contributed by atoms with Crippen LogP contribution in [0.5, 0.6) is 0 Å². The largest absolute Gasteiger partial charge is 0.330 e. The minimum Gasteiger partial charge on any atom is -0.330 e. The minimum absolute atomic E-state index is 0.0132. The molecule has 0 aromatic heterocycles. The first-order chi connectivity index (χ1) is 7.35. The molecule has 4 nitrogen and oxygen atoms in total. The summed E-state index contributed by atoms with van der Waals surface area (Å²) in [5, 5.41) is 11.0. The van der Waals surface area contributed by atoms with Gasteiger partial charge in [-0.3, -0.25) is 10.1 Å². The van der Waals surface area contributed by atoms with Crippen LogP contribution in [-0.4, -0.2) is 11.5 Å². The Morgan fingerprint density at radius 3 is 2.56 bits per heavy atom. The van der Waals surface area contributed by atoms with E-state index in [9.17, 15) is 10.1 Å². The number of rotatable bonds is 4. The third kappa shape index (κ3) is 3.18. The molecule has 88 valence electrons. The molecule has 0 radical (unpaired) electrons. The minimum atomic E-state index is -0.455. The van der Waals surface area contributed by atoms with E-state index in [0.29, 0.717) is 18.0 Å². The van der Waals surface area contributed by atoms with E-state index in [-0.39, 0.29) is 11.1 Å². The van der Waals surface area contributed by atoms with Crippen molar-refractivity contribution >= 4 is 17.3 Å². The number of nitro benzene ring substituents is 1. The van der Waals surface area contributed by atoms with Crippen LogP contribution < -0.4 is 5.73 Å². The number of nitrogens with zero attached hydrogens (tertiary/aromatic N) is 1. The first kappa shape index (κ1) is 12.9. The molecule has 0 unspecified atom stereocenters. The van der Waals surface area contributed by atoms with Crippen molar-refractivity contribution in [3.05, 3.63) is 38.9 Å². The topological polar surface area (TPSA) is 69.2 Å². The molecule has 1 aromatic rings. The highest BCUT2D eigenvalue weighted by Gasteiger charge is 2.19. The molecule has 0 fully saturated rings. The summed E-state index contributed by atoms with van der Waals surface area (Å²) in [7, 11) is 0. The zero-order valence-corrected chi connectivity index (χ0v) is 10.1. The Morgan fingerprint density at radius 2 is 2.12 bits per heavy atom. The van der Waals surface area contributed by atoms with Crippen LogP contribution in [0.3, 0.4) is 0 Å². The van der Waals surface area contributed by atoms with Crippen LogP contribution in [0.25, 0.3) is 0 Å². The maximum atomic E-state index is 10.5. The smallest absolute Gasteiger partial charge is 0.270 e. The van der Waals surface area contributed by atoms with Gasteiger partial charge in [0.2, 0.25) is 0 Å². The summed E-state index contributed by atoms with van der Waals surface area (Å²) in [4.78, 5) is 10.1. The van der Waals surface area contributed by atoms with Crippen LogP contribution >= 0.6 is 11.6 Å². The van der Waals surface area contributed by atoms with E-state index in [1.54, 1.807) is 6.07 Å². The van der Waals surface area contributed by atoms with Gasteiger partial charge >= 0.3 is 0 Å². The fourth-order valence-electron chi connectivity index (χ4n) is 1.38. The van der Waals surface area contributed by atoms with Gasteiger partial charge in [0.25, 0.3) is 5.69 Å². The van der Waals surface area contributed by atoms with E-state index < -0.39 is 4.92 Å². The van der Waals surface area contributed by atoms with Crippen molar-refractivity contribution in [1.82, 2.24) is 0 Å². The van der Waals surface area contributed by atoms with Crippen LogP contribution in [0, 0.1) is 15.5 Å². The molecule has 2 N–H and O–H groups in total. The van der Waals surface area contributed by atoms with Gasteiger partial charge in [-0.25, -0.2) is 0 Å². The first-order valence-corrected chi connectivity index (χ1v) is 5.36. The average molecular weight is 243 g/mol. The molecule has 1 rings (SSSR count). The van der Waals surface area contributed by atoms with Gasteiger partial charge in [-0.2, -0.15) is 0 Å². The van der Waals surface area contributed by atoms with E-state index in [1.165, 1.54) is 12.1 Å². The van der Waals surface area contributed by atoms with Crippen LogP contribution in [0.1, 0.15) is 19.4 Å². The fraction of sp³-hybridized carbons (Fsp3) is 0.455. The second-order valence-corrected chi connectivity index (χ2v) is 4.99. The van der Waals surface area contributed by atoms with Gasteiger partial charge in [-0.1, -0.05) is 31.5 Å². The molecule has 0 saturated heterocycles. The molecule has 0 bridgehead atoms. The van der Waals surface area contributed by atoms with Crippen LogP contribution in [0.2, 0.25) is 5.02 Å². The number of nitro groups is 1. The molecule has 0 atom stereocenters. The zero-order valence-electron chi connectivity index (χ0n) is 9.37. The number of hydrogen-bond donors (Lipinski definition) is 1. The maximum absolute atomic E-state index is 10.5. The van der Waals surface area contributed by atoms with Gasteiger partial charge in [0, 0.05) is 12.1 Å². The van der Waals surface area contributed by atoms with E-state index in [2.05, 4.69) is 0 Å². The van der Waals surface area contributed by atoms with Crippen molar-refractivity contribution in [2.45, 2.75) is 20.3 Å². The molecule has 0 aliphatic rings. The van der Waals surface area contributed by atoms with Crippen molar-refractivity contribution in [3.8, 4) is 0 Å². The van der Waals surface area contributed by atoms with E-state index >= 15 is 0 Å². The molecular weight excluding hydrogens is 228 g/mol. The lowest BCUT2D eigenvalue weighted by Crippen LogP contribution is -2.26. The standard InChI is InChI=1S/C11H15ClN2O2/c1-11(2,7-13)6-8-3-4-9(14(15)16)5-10(8)12/h3-5H,6-7,13H2,1-2H3. The molecule has 0 saturated carbocycles. The van der Waals surface area contributed by atoms with Gasteiger partial charge in [-0.15, -0.1) is 0 Å². The molecular formula is C11H15ClN2O2. The second-order valence-electron chi connectivity index (χ2n) is 4.58. The summed E-state index contributed by atoms with van der Waals surface area (Å²) < 4.78 is 0. The number of nitrogens with two attached hydrogens (primary N) is 1. The summed E-state index contributed by atoms with van der Waals surface area (Å²) in [5.74, 6) is 0. The molecule has 0 amide bonds. The molecule has 0 aliphatic heterocycles. The highest BCUT2D eigenvalue weighted by atomic mass is 35.5. The molecule has 0 aliphatic carbocycles. The predicted molar refractivity (Wildman–Crippen MR) is 64.6 cm³/mol. The second kappa shape index (κ2) is 4.80. The molecule has 0 spiro atoms. The lowest BCUT2D eigenvalue weighted by atomic mass is 9.86. The third-order valence-electron chi connectivity index (χ3n) is 2.47. The Kier molecular flexibility index (Phi) is 3.88. The third-order valence-corrected chi connectivity index (χ3v) is 2.82. The molecule has 1 aromatic carbocycles. The summed E-state index contributed by atoms with van der Waals surface area (Å²) in [6, 6.07) is 4.54. The Morgan fingerprint density at radius 1 is 1.50 bits per heavy atom. The van der Waals surface area contributed by atoms with Gasteiger partial charge in [0.05, 0.1) is 9.95 Å². The van der Waals surface area contributed by atoms with Crippen molar-refractivity contribution in [2.75, 3.05) is 6.54 Å². The Hall–Kier alpha value is -1.13. The monoisotopic (exact) mass is 242 g/mol. The van der Waals surface area contributed by atoms with Crippen molar-refractivity contribution in [3.63, 3.8) is 0 Å². The van der Waals surface area contributed by atoms with Crippen LogP contribution in [0.15, 0.2) is 18.2 Å². The normalized spacial score (nSPS) is 11.5. The highest BCUT2D eigenvalue weighted by molar-refractivity contribution is 6.31. The summed E-state index contributed by atoms with van der Waals surface area (Å²) in [6.07, 6.45) is 0.709. The van der Waals surface area contributed by atoms with Crippen LogP contribution in [-0.2, 0) is 6.42 Å². The SMILES string of the molecule is CC(C)(CN)Cc1ccc([N+](=O)[O-])cc1Cl. The van der Waals surface area contributed by atoms with Crippen molar-refractivity contribution < 1.29 is 4.92 Å². The van der Waals surface area contributed by atoms with Crippen molar-refractivity contribution in [2.24, 2.45) is 11.1 Å². The van der Waals surface area contributed by atoms with E-state index in [0.717, 1.165) is 5.56 Å². The Bertz CT molecular complexity index is 405. The van der Waals surface area contributed by atoms with Gasteiger partial charge in [0.1, 0.15) is 0 Å². The predicted octanol–water partition coefficient (Wildman–Crippen LogP) is 2.78. The number of halogens is 1. The maximum Gasteiger partial charge on any atom is 0.270 e.